The van der Waals surface area contributed by atoms with Crippen LogP contribution in [0.3, 0.4) is 0 Å². The highest BCUT2D eigenvalue weighted by Gasteiger charge is 2.19. The molecule has 0 aromatic carbocycles. The molecular weight excluding hydrogens is 224 g/mol. The van der Waals surface area contributed by atoms with Crippen molar-refractivity contribution in [2.75, 3.05) is 7.11 Å². The number of aromatic nitrogens is 1. The summed E-state index contributed by atoms with van der Waals surface area (Å²) in [6, 6.07) is 2.54. The standard InChI is InChI=1S/C15H26N2O/c1-11-7-12(2)16-9-14(11)10-17-13(3)8-15(4,5)18-6/h7,9,13,17H,8,10H2,1-6H3/t13-/m0/s1. The van der Waals surface area contributed by atoms with Gasteiger partial charge in [0.2, 0.25) is 0 Å². The molecule has 1 atom stereocenters. The molecule has 1 aromatic rings. The van der Waals surface area contributed by atoms with Gasteiger partial charge in [0, 0.05) is 31.6 Å². The fourth-order valence-electron chi connectivity index (χ4n) is 2.09. The molecule has 0 fully saturated rings. The van der Waals surface area contributed by atoms with E-state index in [-0.39, 0.29) is 5.60 Å². The van der Waals surface area contributed by atoms with Gasteiger partial charge in [-0.25, -0.2) is 0 Å². The van der Waals surface area contributed by atoms with Crippen molar-refractivity contribution in [1.29, 1.82) is 0 Å². The van der Waals surface area contributed by atoms with Crippen LogP contribution < -0.4 is 5.32 Å². The lowest BCUT2D eigenvalue weighted by Gasteiger charge is -2.27. The van der Waals surface area contributed by atoms with E-state index in [0.29, 0.717) is 6.04 Å². The Morgan fingerprint density at radius 3 is 2.61 bits per heavy atom. The summed E-state index contributed by atoms with van der Waals surface area (Å²) in [5, 5.41) is 3.53. The average Bonchev–Trinajstić information content (AvgIpc) is 2.27. The Bertz CT molecular complexity index is 388. The second-order valence-electron chi connectivity index (χ2n) is 5.70. The first kappa shape index (κ1) is 15.1. The highest BCUT2D eigenvalue weighted by Crippen LogP contribution is 2.16. The molecule has 102 valence electrons. The van der Waals surface area contributed by atoms with Gasteiger partial charge < -0.3 is 10.1 Å². The van der Waals surface area contributed by atoms with Crippen molar-refractivity contribution in [2.45, 2.75) is 59.2 Å². The third-order valence-electron chi connectivity index (χ3n) is 3.35. The highest BCUT2D eigenvalue weighted by atomic mass is 16.5. The second kappa shape index (κ2) is 6.30. The molecule has 3 heteroatoms. The van der Waals surface area contributed by atoms with Gasteiger partial charge in [0.25, 0.3) is 0 Å². The molecule has 1 N–H and O–H groups in total. The number of hydrogen-bond acceptors (Lipinski definition) is 3. The van der Waals surface area contributed by atoms with Gasteiger partial charge in [-0.15, -0.1) is 0 Å². The van der Waals surface area contributed by atoms with E-state index >= 15 is 0 Å². The van der Waals surface area contributed by atoms with Gasteiger partial charge in [-0.1, -0.05) is 0 Å². The first-order valence-corrected chi connectivity index (χ1v) is 6.55. The van der Waals surface area contributed by atoms with Crippen LogP contribution >= 0.6 is 0 Å². The van der Waals surface area contributed by atoms with Crippen molar-refractivity contribution in [1.82, 2.24) is 10.3 Å². The van der Waals surface area contributed by atoms with E-state index < -0.39 is 0 Å². The predicted molar refractivity (Wildman–Crippen MR) is 75.7 cm³/mol. The molecule has 0 aliphatic rings. The number of methoxy groups -OCH3 is 1. The molecule has 3 nitrogen and oxygen atoms in total. The SMILES string of the molecule is COC(C)(C)C[C@H](C)NCc1cnc(C)cc1C. The number of nitrogens with one attached hydrogen (secondary N) is 1. The smallest absolute Gasteiger partial charge is 0.0637 e. The molecule has 18 heavy (non-hydrogen) atoms. The van der Waals surface area contributed by atoms with Crippen LogP contribution in [0.4, 0.5) is 0 Å². The number of ether oxygens (including phenoxy) is 1. The van der Waals surface area contributed by atoms with Gasteiger partial charge in [-0.05, 0) is 58.2 Å². The van der Waals surface area contributed by atoms with Crippen molar-refractivity contribution in [2.24, 2.45) is 0 Å². The lowest BCUT2D eigenvalue weighted by Crippen LogP contribution is -2.35. The Kier molecular flexibility index (Phi) is 5.29. The zero-order valence-corrected chi connectivity index (χ0v) is 12.5. The zero-order chi connectivity index (χ0) is 13.8. The molecular formula is C15H26N2O. The molecule has 0 spiro atoms. The van der Waals surface area contributed by atoms with E-state index in [4.69, 9.17) is 4.74 Å². The quantitative estimate of drug-likeness (QED) is 0.842. The van der Waals surface area contributed by atoms with Crippen LogP contribution in [-0.4, -0.2) is 23.7 Å². The molecule has 0 bridgehead atoms. The summed E-state index contributed by atoms with van der Waals surface area (Å²) < 4.78 is 5.45. The van der Waals surface area contributed by atoms with Crippen molar-refractivity contribution in [3.05, 3.63) is 29.1 Å². The van der Waals surface area contributed by atoms with Crippen LogP contribution in [0.5, 0.6) is 0 Å². The van der Waals surface area contributed by atoms with Gasteiger partial charge in [-0.2, -0.15) is 0 Å². The van der Waals surface area contributed by atoms with Crippen LogP contribution in [0.1, 0.15) is 44.0 Å². The number of aryl methyl sites for hydroxylation is 2. The minimum atomic E-state index is -0.0764. The van der Waals surface area contributed by atoms with Gasteiger partial charge in [0.15, 0.2) is 0 Å². The third kappa shape index (κ3) is 4.75. The highest BCUT2D eigenvalue weighted by molar-refractivity contribution is 5.24. The zero-order valence-electron chi connectivity index (χ0n) is 12.5. The number of hydrogen-bond donors (Lipinski definition) is 1. The van der Waals surface area contributed by atoms with Gasteiger partial charge >= 0.3 is 0 Å². The third-order valence-corrected chi connectivity index (χ3v) is 3.35. The van der Waals surface area contributed by atoms with Crippen LogP contribution in [-0.2, 0) is 11.3 Å². The summed E-state index contributed by atoms with van der Waals surface area (Å²) in [4.78, 5) is 4.34. The van der Waals surface area contributed by atoms with Gasteiger partial charge in [-0.3, -0.25) is 4.98 Å². The van der Waals surface area contributed by atoms with E-state index in [9.17, 15) is 0 Å². The minimum Gasteiger partial charge on any atom is -0.379 e. The molecule has 0 aliphatic carbocycles. The Morgan fingerprint density at radius 2 is 2.06 bits per heavy atom. The van der Waals surface area contributed by atoms with Crippen LogP contribution in [0.2, 0.25) is 0 Å². The summed E-state index contributed by atoms with van der Waals surface area (Å²) in [5.74, 6) is 0. The van der Waals surface area contributed by atoms with Crippen molar-refractivity contribution < 1.29 is 4.74 Å². The van der Waals surface area contributed by atoms with Crippen molar-refractivity contribution in [3.8, 4) is 0 Å². The second-order valence-corrected chi connectivity index (χ2v) is 5.70. The lowest BCUT2D eigenvalue weighted by molar-refractivity contribution is 0.00844. The molecule has 0 aliphatic heterocycles. The van der Waals surface area contributed by atoms with E-state index in [0.717, 1.165) is 18.7 Å². The predicted octanol–water partition coefficient (Wildman–Crippen LogP) is 2.99. The molecule has 1 aromatic heterocycles. The minimum absolute atomic E-state index is 0.0764. The molecule has 1 rings (SSSR count). The normalized spacial score (nSPS) is 13.7. The summed E-state index contributed by atoms with van der Waals surface area (Å²) in [5.41, 5.74) is 3.56. The molecule has 0 saturated heterocycles. The Balaban J connectivity index is 2.50. The monoisotopic (exact) mass is 250 g/mol. The Labute approximate surface area is 111 Å². The van der Waals surface area contributed by atoms with E-state index in [2.05, 4.69) is 44.1 Å². The molecule has 1 heterocycles. The summed E-state index contributed by atoms with van der Waals surface area (Å²) in [6.07, 6.45) is 2.95. The fourth-order valence-corrected chi connectivity index (χ4v) is 2.09. The van der Waals surface area contributed by atoms with Crippen LogP contribution in [0, 0.1) is 13.8 Å². The fraction of sp³-hybridized carbons (Fsp3) is 0.667. The maximum Gasteiger partial charge on any atom is 0.0637 e. The first-order valence-electron chi connectivity index (χ1n) is 6.55. The number of pyridine rings is 1. The van der Waals surface area contributed by atoms with Crippen LogP contribution in [0.15, 0.2) is 12.3 Å². The van der Waals surface area contributed by atoms with Crippen molar-refractivity contribution in [3.63, 3.8) is 0 Å². The maximum atomic E-state index is 5.45. The van der Waals surface area contributed by atoms with E-state index in [1.807, 2.05) is 13.1 Å². The lowest BCUT2D eigenvalue weighted by atomic mass is 9.99. The summed E-state index contributed by atoms with van der Waals surface area (Å²) in [7, 11) is 1.76. The topological polar surface area (TPSA) is 34.1 Å². The maximum absolute atomic E-state index is 5.45. The van der Waals surface area contributed by atoms with E-state index in [1.54, 1.807) is 7.11 Å². The Morgan fingerprint density at radius 1 is 1.39 bits per heavy atom. The summed E-state index contributed by atoms with van der Waals surface area (Å²) >= 11 is 0. The molecule has 0 radical (unpaired) electrons. The summed E-state index contributed by atoms with van der Waals surface area (Å²) in [6.45, 7) is 11.4. The van der Waals surface area contributed by atoms with Gasteiger partial charge in [0.05, 0.1) is 5.60 Å². The largest absolute Gasteiger partial charge is 0.379 e. The number of nitrogens with zero attached hydrogens (tertiary/aromatic N) is 1. The van der Waals surface area contributed by atoms with Gasteiger partial charge in [0.1, 0.15) is 0 Å². The van der Waals surface area contributed by atoms with Crippen molar-refractivity contribution >= 4 is 0 Å². The number of rotatable bonds is 6. The van der Waals surface area contributed by atoms with E-state index in [1.165, 1.54) is 11.1 Å². The van der Waals surface area contributed by atoms with Crippen LogP contribution in [0.25, 0.3) is 0 Å². The Hall–Kier alpha value is -0.930. The molecule has 0 unspecified atom stereocenters. The first-order chi connectivity index (χ1) is 8.34. The molecule has 0 saturated carbocycles. The molecule has 0 amide bonds. The average molecular weight is 250 g/mol.